The maximum Gasteiger partial charge on any atom is 0.135 e. The van der Waals surface area contributed by atoms with Crippen LogP contribution in [0.5, 0.6) is 11.5 Å². The third-order valence-electron chi connectivity index (χ3n) is 7.90. The molecule has 0 unspecified atom stereocenters. The quantitative estimate of drug-likeness (QED) is 0.164. The molecule has 0 spiro atoms. The van der Waals surface area contributed by atoms with Crippen LogP contribution in [0.15, 0.2) is 121 Å². The predicted octanol–water partition coefficient (Wildman–Crippen LogP) is 8.81. The van der Waals surface area contributed by atoms with Crippen molar-refractivity contribution in [2.24, 2.45) is 0 Å². The molecule has 7 aromatic rings. The Morgan fingerprint density at radius 3 is 2.42 bits per heavy atom. The molecule has 0 saturated heterocycles. The zero-order valence-electron chi connectivity index (χ0n) is 24.1. The van der Waals surface area contributed by atoms with Crippen LogP contribution in [-0.4, -0.2) is 16.6 Å². The minimum absolute atomic E-state index is 0. The largest absolute Gasteiger partial charge is 0.509 e. The molecule has 1 aliphatic heterocycles. The van der Waals surface area contributed by atoms with Crippen molar-refractivity contribution in [3.63, 3.8) is 0 Å². The van der Waals surface area contributed by atoms with E-state index in [4.69, 9.17) is 4.74 Å². The molecule has 45 heavy (non-hydrogen) atoms. The van der Waals surface area contributed by atoms with E-state index in [-0.39, 0.29) is 21.1 Å². The molecule has 5 aromatic carbocycles. The summed E-state index contributed by atoms with van der Waals surface area (Å²) in [5.74, 6) is 1.90. The second-order valence-corrected chi connectivity index (χ2v) is 10.6. The summed E-state index contributed by atoms with van der Waals surface area (Å²) < 4.78 is 8.43. The Morgan fingerprint density at radius 2 is 1.60 bits per heavy atom. The van der Waals surface area contributed by atoms with Crippen molar-refractivity contribution < 1.29 is 25.8 Å². The van der Waals surface area contributed by atoms with Crippen LogP contribution in [0.3, 0.4) is 0 Å². The van der Waals surface area contributed by atoms with E-state index in [0.29, 0.717) is 17.1 Å². The third-order valence-corrected chi connectivity index (χ3v) is 7.90. The first-order chi connectivity index (χ1) is 21.7. The van der Waals surface area contributed by atoms with Gasteiger partial charge in [-0.25, -0.2) is 4.98 Å². The van der Waals surface area contributed by atoms with E-state index in [1.165, 1.54) is 5.56 Å². The maximum atomic E-state index is 9.53. The van der Waals surface area contributed by atoms with Crippen molar-refractivity contribution in [3.05, 3.63) is 146 Å². The summed E-state index contributed by atoms with van der Waals surface area (Å²) in [7, 11) is 2.05. The van der Waals surface area contributed by atoms with Gasteiger partial charge < -0.3 is 19.1 Å². The van der Waals surface area contributed by atoms with E-state index in [2.05, 4.69) is 86.7 Å². The van der Waals surface area contributed by atoms with Gasteiger partial charge in [-0.2, -0.15) is 24.1 Å². The van der Waals surface area contributed by atoms with Crippen molar-refractivity contribution in [2.45, 2.75) is 0 Å². The molecule has 6 nitrogen and oxygen atoms in total. The number of hydrogen-bond acceptors (Lipinski definition) is 5. The Balaban J connectivity index is 0.00000325. The van der Waals surface area contributed by atoms with E-state index >= 15 is 0 Å². The Morgan fingerprint density at radius 1 is 0.756 bits per heavy atom. The summed E-state index contributed by atoms with van der Waals surface area (Å²) >= 11 is 0. The van der Waals surface area contributed by atoms with Gasteiger partial charge in [0.2, 0.25) is 0 Å². The van der Waals surface area contributed by atoms with Crippen LogP contribution in [0, 0.1) is 30.1 Å². The Labute approximate surface area is 275 Å². The fraction of sp³-hybridized carbons (Fsp3) is 0.0263. The van der Waals surface area contributed by atoms with Crippen LogP contribution in [0.1, 0.15) is 5.56 Å². The van der Waals surface area contributed by atoms with Crippen LogP contribution in [0.25, 0.3) is 38.8 Å². The molecule has 7 heteroatoms. The Kier molecular flexibility index (Phi) is 7.33. The van der Waals surface area contributed by atoms with Crippen molar-refractivity contribution in [1.29, 1.82) is 5.26 Å². The summed E-state index contributed by atoms with van der Waals surface area (Å²) in [5.41, 5.74) is 7.75. The van der Waals surface area contributed by atoms with Gasteiger partial charge in [-0.3, -0.25) is 0 Å². The fourth-order valence-electron chi connectivity index (χ4n) is 5.85. The second-order valence-electron chi connectivity index (χ2n) is 10.6. The van der Waals surface area contributed by atoms with Crippen LogP contribution in [-0.2, 0) is 21.1 Å². The third kappa shape index (κ3) is 5.02. The first-order valence-corrected chi connectivity index (χ1v) is 14.2. The molecule has 0 fully saturated rings. The van der Waals surface area contributed by atoms with Gasteiger partial charge in [0.1, 0.15) is 5.82 Å². The van der Waals surface area contributed by atoms with E-state index in [1.54, 1.807) is 6.20 Å². The summed E-state index contributed by atoms with van der Waals surface area (Å²) in [6.07, 6.45) is 1.77. The van der Waals surface area contributed by atoms with Crippen molar-refractivity contribution in [3.8, 4) is 34.5 Å². The molecule has 0 radical (unpaired) electrons. The smallest absolute Gasteiger partial charge is 0.135 e. The van der Waals surface area contributed by atoms with Gasteiger partial charge in [-0.15, -0.1) is 41.4 Å². The molecule has 2 aromatic heterocycles. The molecule has 0 amide bonds. The normalized spacial score (nSPS) is 12.2. The second kappa shape index (κ2) is 11.6. The SMILES string of the molecule is CN1[CH-]N(c2[c-]c(Oc3[c-]c4c(cc3)c3cc(C#N)ccc3n4-c3ccccn3)ccc2)c2cc(-c3ccccc3)ccc21.[Pt]. The van der Waals surface area contributed by atoms with Crippen LogP contribution >= 0.6 is 0 Å². The number of rotatable bonds is 5. The predicted molar refractivity (Wildman–Crippen MR) is 174 cm³/mol. The number of nitrogens with zero attached hydrogens (tertiary/aromatic N) is 5. The van der Waals surface area contributed by atoms with Gasteiger partial charge in [0, 0.05) is 55.7 Å². The van der Waals surface area contributed by atoms with Crippen molar-refractivity contribution in [2.75, 3.05) is 16.8 Å². The Bertz CT molecular complexity index is 2220. The summed E-state index contributed by atoms with van der Waals surface area (Å²) in [5, 5.41) is 11.5. The standard InChI is InChI=1S/C38H24N5O.Pt/c1-41-25-42(37-21-28(14-18-35(37)41)27-8-3-2-4-9-27)29-10-7-11-30(22-29)44-31-15-16-32-33-20-26(24-39)13-17-34(33)43(36(32)23-31)38-12-5-6-19-40-38;/h2-21,25H,1H3;/q-3;. The monoisotopic (exact) mass is 761 g/mol. The number of fused-ring (bicyclic) bond motifs is 4. The topological polar surface area (TPSA) is 57.3 Å². The van der Waals surface area contributed by atoms with Gasteiger partial charge in [-0.05, 0) is 66.0 Å². The number of aromatic nitrogens is 2. The zero-order chi connectivity index (χ0) is 29.6. The number of benzene rings is 5. The minimum Gasteiger partial charge on any atom is -0.509 e. The van der Waals surface area contributed by atoms with Gasteiger partial charge in [0.15, 0.2) is 0 Å². The molecular weight excluding hydrogens is 738 g/mol. The molecule has 0 N–H and O–H groups in total. The number of nitriles is 1. The summed E-state index contributed by atoms with van der Waals surface area (Å²) in [6.45, 7) is 2.06. The average Bonchev–Trinajstić information content (AvgIpc) is 3.59. The number of anilines is 3. The van der Waals surface area contributed by atoms with E-state index in [9.17, 15) is 5.26 Å². The molecule has 0 bridgehead atoms. The van der Waals surface area contributed by atoms with Gasteiger partial charge >= 0.3 is 0 Å². The summed E-state index contributed by atoms with van der Waals surface area (Å²) in [4.78, 5) is 8.85. The molecule has 0 aliphatic carbocycles. The van der Waals surface area contributed by atoms with E-state index < -0.39 is 0 Å². The first kappa shape index (κ1) is 28.4. The molecule has 8 rings (SSSR count). The fourth-order valence-corrected chi connectivity index (χ4v) is 5.85. The van der Waals surface area contributed by atoms with Crippen LogP contribution in [0.2, 0.25) is 0 Å². The number of ether oxygens (including phenoxy) is 1. The maximum absolute atomic E-state index is 9.53. The number of hydrogen-bond donors (Lipinski definition) is 0. The minimum atomic E-state index is 0. The summed E-state index contributed by atoms with van der Waals surface area (Å²) in [6, 6.07) is 47.4. The van der Waals surface area contributed by atoms with Crippen LogP contribution < -0.4 is 14.5 Å². The molecule has 220 valence electrons. The van der Waals surface area contributed by atoms with E-state index in [1.807, 2.05) is 79.8 Å². The van der Waals surface area contributed by atoms with E-state index in [0.717, 1.165) is 50.2 Å². The average molecular weight is 762 g/mol. The van der Waals surface area contributed by atoms with Crippen LogP contribution in [0.4, 0.5) is 17.1 Å². The molecule has 3 heterocycles. The molecular formula is C38H24N5OPt-3. The van der Waals surface area contributed by atoms with Crippen molar-refractivity contribution >= 4 is 38.9 Å². The van der Waals surface area contributed by atoms with Gasteiger partial charge in [0.05, 0.1) is 11.6 Å². The number of pyridine rings is 1. The first-order valence-electron chi connectivity index (χ1n) is 14.2. The Hall–Kier alpha value is -5.37. The molecule has 1 aliphatic rings. The molecule has 0 atom stereocenters. The molecule has 0 saturated carbocycles. The van der Waals surface area contributed by atoms with Gasteiger partial charge in [-0.1, -0.05) is 48.0 Å². The van der Waals surface area contributed by atoms with Crippen molar-refractivity contribution in [1.82, 2.24) is 9.55 Å². The zero-order valence-corrected chi connectivity index (χ0v) is 26.4. The van der Waals surface area contributed by atoms with Gasteiger partial charge in [0.25, 0.3) is 0 Å².